The lowest BCUT2D eigenvalue weighted by molar-refractivity contribution is 0.828. The van der Waals surface area contributed by atoms with Gasteiger partial charge in [0.15, 0.2) is 0 Å². The lowest BCUT2D eigenvalue weighted by atomic mass is 9.86. The molecule has 1 aliphatic carbocycles. The number of aryl methyl sites for hydroxylation is 4. The summed E-state index contributed by atoms with van der Waals surface area (Å²) < 4.78 is 0. The second kappa shape index (κ2) is 5.76. The maximum absolute atomic E-state index is 4.50. The summed E-state index contributed by atoms with van der Waals surface area (Å²) in [6.45, 7) is 0. The van der Waals surface area contributed by atoms with E-state index in [4.69, 9.17) is 0 Å². The minimum Gasteiger partial charge on any atom is -0.256 e. The number of pyridine rings is 1. The van der Waals surface area contributed by atoms with E-state index < -0.39 is 0 Å². The quantitative estimate of drug-likeness (QED) is 0.681. The van der Waals surface area contributed by atoms with E-state index in [0.717, 1.165) is 18.5 Å². The minimum absolute atomic E-state index is 1.07. The van der Waals surface area contributed by atoms with Crippen LogP contribution < -0.4 is 0 Å². The summed E-state index contributed by atoms with van der Waals surface area (Å²) in [6.07, 6.45) is 6.62. The van der Waals surface area contributed by atoms with Crippen molar-refractivity contribution in [2.45, 2.75) is 25.7 Å². The number of nitrogens with zero attached hydrogens (tertiary/aromatic N) is 1. The molecule has 1 nitrogen and oxygen atoms in total. The molecule has 22 heavy (non-hydrogen) atoms. The first kappa shape index (κ1) is 13.3. The Kier molecular flexibility index (Phi) is 3.48. The standard InChI is InChI=1S/C21H19N/c1-2-4-19(5-3-1)21-15-17(12-13-22-21)7-6-16-8-9-18-10-11-20(18)14-16/h1-5,8-9,12-15H,6-7,10-11H2. The molecule has 1 aliphatic rings. The third-order valence-electron chi connectivity index (χ3n) is 4.53. The molecule has 108 valence electrons. The predicted octanol–water partition coefficient (Wildman–Crippen LogP) is 4.63. The molecule has 2 aromatic carbocycles. The zero-order valence-corrected chi connectivity index (χ0v) is 12.6. The van der Waals surface area contributed by atoms with Gasteiger partial charge in [0.05, 0.1) is 5.69 Å². The van der Waals surface area contributed by atoms with Gasteiger partial charge < -0.3 is 0 Å². The Morgan fingerprint density at radius 1 is 0.727 bits per heavy atom. The molecule has 4 rings (SSSR count). The van der Waals surface area contributed by atoms with E-state index in [1.165, 1.54) is 29.5 Å². The minimum atomic E-state index is 1.07. The molecule has 1 heterocycles. The van der Waals surface area contributed by atoms with Crippen LogP contribution in [0.15, 0.2) is 66.9 Å². The van der Waals surface area contributed by atoms with E-state index >= 15 is 0 Å². The van der Waals surface area contributed by atoms with Crippen LogP contribution in [0.3, 0.4) is 0 Å². The van der Waals surface area contributed by atoms with E-state index in [1.54, 1.807) is 11.1 Å². The molecule has 0 aliphatic heterocycles. The van der Waals surface area contributed by atoms with Gasteiger partial charge in [-0.25, -0.2) is 0 Å². The van der Waals surface area contributed by atoms with Crippen molar-refractivity contribution in [2.75, 3.05) is 0 Å². The van der Waals surface area contributed by atoms with Gasteiger partial charge in [-0.1, -0.05) is 48.5 Å². The SMILES string of the molecule is c1ccc(-c2cc(CCc3ccc4c(c3)CC4)ccn2)cc1. The zero-order chi connectivity index (χ0) is 14.8. The summed E-state index contributed by atoms with van der Waals surface area (Å²) in [6, 6.07) is 21.7. The van der Waals surface area contributed by atoms with E-state index in [1.807, 2.05) is 12.3 Å². The summed E-state index contributed by atoms with van der Waals surface area (Å²) >= 11 is 0. The Morgan fingerprint density at radius 2 is 1.50 bits per heavy atom. The molecule has 0 radical (unpaired) electrons. The molecule has 0 amide bonds. The molecule has 0 saturated heterocycles. The molecule has 0 N–H and O–H groups in total. The van der Waals surface area contributed by atoms with Gasteiger partial charge in [0.2, 0.25) is 0 Å². The normalized spacial score (nSPS) is 12.5. The summed E-state index contributed by atoms with van der Waals surface area (Å²) in [5, 5.41) is 0. The number of rotatable bonds is 4. The van der Waals surface area contributed by atoms with Gasteiger partial charge in [-0.05, 0) is 60.1 Å². The van der Waals surface area contributed by atoms with Gasteiger partial charge in [-0.3, -0.25) is 4.98 Å². The maximum Gasteiger partial charge on any atom is 0.0704 e. The van der Waals surface area contributed by atoms with E-state index in [0.29, 0.717) is 0 Å². The first-order valence-corrected chi connectivity index (χ1v) is 7.99. The highest BCUT2D eigenvalue weighted by molar-refractivity contribution is 5.59. The fraction of sp³-hybridized carbons (Fsp3) is 0.190. The Morgan fingerprint density at radius 3 is 2.23 bits per heavy atom. The highest BCUT2D eigenvalue weighted by Gasteiger charge is 2.12. The Labute approximate surface area is 131 Å². The first-order chi connectivity index (χ1) is 10.9. The molecule has 0 atom stereocenters. The van der Waals surface area contributed by atoms with Gasteiger partial charge in [0.1, 0.15) is 0 Å². The molecular formula is C21H19N. The average Bonchev–Trinajstić information content (AvgIpc) is 2.56. The average molecular weight is 285 g/mol. The highest BCUT2D eigenvalue weighted by atomic mass is 14.7. The van der Waals surface area contributed by atoms with Crippen molar-refractivity contribution in [3.8, 4) is 11.3 Å². The second-order valence-electron chi connectivity index (χ2n) is 6.02. The fourth-order valence-corrected chi connectivity index (χ4v) is 3.09. The van der Waals surface area contributed by atoms with Crippen molar-refractivity contribution in [1.82, 2.24) is 4.98 Å². The Hall–Kier alpha value is -2.41. The van der Waals surface area contributed by atoms with Crippen LogP contribution in [0.4, 0.5) is 0 Å². The zero-order valence-electron chi connectivity index (χ0n) is 12.6. The smallest absolute Gasteiger partial charge is 0.0704 e. The Balaban J connectivity index is 1.50. The summed E-state index contributed by atoms with van der Waals surface area (Å²) in [5.41, 5.74) is 8.16. The third kappa shape index (κ3) is 2.67. The van der Waals surface area contributed by atoms with Crippen molar-refractivity contribution < 1.29 is 0 Å². The number of benzene rings is 2. The van der Waals surface area contributed by atoms with Gasteiger partial charge in [0, 0.05) is 11.8 Å². The van der Waals surface area contributed by atoms with Crippen LogP contribution in [-0.2, 0) is 25.7 Å². The van der Waals surface area contributed by atoms with Gasteiger partial charge >= 0.3 is 0 Å². The van der Waals surface area contributed by atoms with Gasteiger partial charge in [-0.2, -0.15) is 0 Å². The van der Waals surface area contributed by atoms with Crippen LogP contribution in [0.2, 0.25) is 0 Å². The number of fused-ring (bicyclic) bond motifs is 1. The number of aromatic nitrogens is 1. The fourth-order valence-electron chi connectivity index (χ4n) is 3.09. The van der Waals surface area contributed by atoms with Crippen LogP contribution in [0, 0.1) is 0 Å². The molecule has 3 aromatic rings. The van der Waals surface area contributed by atoms with Crippen LogP contribution in [0.5, 0.6) is 0 Å². The second-order valence-corrected chi connectivity index (χ2v) is 6.02. The molecule has 0 bridgehead atoms. The predicted molar refractivity (Wildman–Crippen MR) is 90.9 cm³/mol. The summed E-state index contributed by atoms with van der Waals surface area (Å²) in [7, 11) is 0. The lowest BCUT2D eigenvalue weighted by Gasteiger charge is -2.19. The molecule has 0 fully saturated rings. The largest absolute Gasteiger partial charge is 0.256 e. The van der Waals surface area contributed by atoms with Crippen LogP contribution in [0.1, 0.15) is 22.3 Å². The molecule has 0 saturated carbocycles. The monoisotopic (exact) mass is 285 g/mol. The van der Waals surface area contributed by atoms with Crippen molar-refractivity contribution >= 4 is 0 Å². The molecule has 0 unspecified atom stereocenters. The molecule has 1 heteroatoms. The van der Waals surface area contributed by atoms with Crippen molar-refractivity contribution in [1.29, 1.82) is 0 Å². The van der Waals surface area contributed by atoms with Gasteiger partial charge in [0.25, 0.3) is 0 Å². The first-order valence-electron chi connectivity index (χ1n) is 7.99. The highest BCUT2D eigenvalue weighted by Crippen LogP contribution is 2.24. The van der Waals surface area contributed by atoms with Crippen molar-refractivity contribution in [3.63, 3.8) is 0 Å². The molecule has 1 aromatic heterocycles. The van der Waals surface area contributed by atoms with Gasteiger partial charge in [-0.15, -0.1) is 0 Å². The van der Waals surface area contributed by atoms with Crippen LogP contribution >= 0.6 is 0 Å². The Bertz CT molecular complexity index is 790. The summed E-state index contributed by atoms with van der Waals surface area (Å²) in [5.74, 6) is 0. The number of hydrogen-bond donors (Lipinski definition) is 0. The topological polar surface area (TPSA) is 12.9 Å². The van der Waals surface area contributed by atoms with E-state index in [-0.39, 0.29) is 0 Å². The number of hydrogen-bond acceptors (Lipinski definition) is 1. The van der Waals surface area contributed by atoms with Crippen LogP contribution in [0.25, 0.3) is 11.3 Å². The third-order valence-corrected chi connectivity index (χ3v) is 4.53. The van der Waals surface area contributed by atoms with Crippen molar-refractivity contribution in [3.05, 3.63) is 89.1 Å². The molecular weight excluding hydrogens is 266 g/mol. The van der Waals surface area contributed by atoms with E-state index in [2.05, 4.69) is 59.6 Å². The lowest BCUT2D eigenvalue weighted by Crippen LogP contribution is -2.08. The van der Waals surface area contributed by atoms with E-state index in [9.17, 15) is 0 Å². The van der Waals surface area contributed by atoms with Crippen molar-refractivity contribution in [2.24, 2.45) is 0 Å². The molecule has 0 spiro atoms. The maximum atomic E-state index is 4.50. The van der Waals surface area contributed by atoms with Crippen LogP contribution in [-0.4, -0.2) is 4.98 Å². The summed E-state index contributed by atoms with van der Waals surface area (Å²) in [4.78, 5) is 4.50.